The van der Waals surface area contributed by atoms with Crippen LogP contribution >= 0.6 is 0 Å². The Labute approximate surface area is 125 Å². The van der Waals surface area contributed by atoms with Gasteiger partial charge in [-0.2, -0.15) is 0 Å². The lowest BCUT2D eigenvalue weighted by Gasteiger charge is -2.21. The largest absolute Gasteiger partial charge is 0.349 e. The van der Waals surface area contributed by atoms with Crippen LogP contribution in [0.15, 0.2) is 18.2 Å². The number of carbonyl (C=O) groups excluding carboxylic acids is 1. The second-order valence-corrected chi connectivity index (χ2v) is 6.18. The van der Waals surface area contributed by atoms with Crippen molar-refractivity contribution < 1.29 is 14.3 Å². The molecule has 114 valence electrons. The molecule has 1 aliphatic carbocycles. The molecule has 0 bridgehead atoms. The van der Waals surface area contributed by atoms with Gasteiger partial charge in [-0.3, -0.25) is 4.79 Å². The molecule has 1 N–H and O–H groups in total. The molecule has 1 unspecified atom stereocenters. The molecule has 4 heteroatoms. The molecule has 4 nitrogen and oxygen atoms in total. The Morgan fingerprint density at radius 1 is 1.29 bits per heavy atom. The average molecular weight is 289 g/mol. The number of hydrogen-bond donors (Lipinski definition) is 1. The summed E-state index contributed by atoms with van der Waals surface area (Å²) in [5.41, 5.74) is 3.03. The lowest BCUT2D eigenvalue weighted by molar-refractivity contribution is -0.161. The first-order chi connectivity index (χ1) is 10.1. The Morgan fingerprint density at radius 3 is 2.76 bits per heavy atom. The van der Waals surface area contributed by atoms with Crippen molar-refractivity contribution >= 4 is 5.91 Å². The number of carbonyl (C=O) groups is 1. The van der Waals surface area contributed by atoms with Gasteiger partial charge in [0.15, 0.2) is 5.79 Å². The average Bonchev–Trinajstić information content (AvgIpc) is 3.10. The van der Waals surface area contributed by atoms with E-state index in [1.807, 2.05) is 32.0 Å². The van der Waals surface area contributed by atoms with Gasteiger partial charge in [-0.1, -0.05) is 6.07 Å². The zero-order chi connectivity index (χ0) is 14.9. The van der Waals surface area contributed by atoms with E-state index in [4.69, 9.17) is 9.47 Å². The molecule has 1 heterocycles. The maximum Gasteiger partial charge on any atom is 0.251 e. The van der Waals surface area contributed by atoms with Crippen molar-refractivity contribution in [1.29, 1.82) is 0 Å². The van der Waals surface area contributed by atoms with Gasteiger partial charge in [-0.15, -0.1) is 0 Å². The van der Waals surface area contributed by atoms with E-state index in [0.717, 1.165) is 18.4 Å². The Kier molecular flexibility index (Phi) is 4.00. The highest BCUT2D eigenvalue weighted by Gasteiger charge is 2.43. The summed E-state index contributed by atoms with van der Waals surface area (Å²) in [6, 6.07) is 5.77. The molecule has 1 amide bonds. The number of hydrogen-bond acceptors (Lipinski definition) is 3. The maximum absolute atomic E-state index is 12.2. The normalized spacial score (nSPS) is 23.6. The van der Waals surface area contributed by atoms with Crippen LogP contribution in [-0.2, 0) is 9.47 Å². The highest BCUT2D eigenvalue weighted by molar-refractivity contribution is 5.94. The van der Waals surface area contributed by atoms with E-state index in [0.29, 0.717) is 18.7 Å². The molecule has 1 atom stereocenters. The van der Waals surface area contributed by atoms with Gasteiger partial charge in [0.1, 0.15) is 6.10 Å². The molecule has 1 saturated carbocycles. The lowest BCUT2D eigenvalue weighted by atomic mass is 10.1. The minimum atomic E-state index is -0.351. The van der Waals surface area contributed by atoms with Crippen molar-refractivity contribution in [3.63, 3.8) is 0 Å². The highest BCUT2D eigenvalue weighted by Crippen LogP contribution is 2.38. The lowest BCUT2D eigenvalue weighted by Crippen LogP contribution is -2.35. The Morgan fingerprint density at radius 2 is 2.05 bits per heavy atom. The molecule has 2 aliphatic rings. The first-order valence-electron chi connectivity index (χ1n) is 7.75. The van der Waals surface area contributed by atoms with Crippen LogP contribution in [0.25, 0.3) is 0 Å². The summed E-state index contributed by atoms with van der Waals surface area (Å²) in [5, 5.41) is 2.95. The molecular formula is C17H23NO3. The van der Waals surface area contributed by atoms with Crippen LogP contribution in [0.2, 0.25) is 0 Å². The van der Waals surface area contributed by atoms with E-state index in [1.165, 1.54) is 18.4 Å². The molecule has 3 rings (SSSR count). The van der Waals surface area contributed by atoms with Gasteiger partial charge in [-0.05, 0) is 49.9 Å². The van der Waals surface area contributed by atoms with Gasteiger partial charge in [0.2, 0.25) is 0 Å². The maximum atomic E-state index is 12.2. The van der Waals surface area contributed by atoms with E-state index in [2.05, 4.69) is 5.32 Å². The molecule has 0 aromatic heterocycles. The van der Waals surface area contributed by atoms with E-state index >= 15 is 0 Å². The molecule has 1 saturated heterocycles. The van der Waals surface area contributed by atoms with E-state index in [1.54, 1.807) is 0 Å². The Bertz CT molecular complexity index is 535. The molecule has 0 radical (unpaired) electrons. The van der Waals surface area contributed by atoms with Crippen molar-refractivity contribution in [2.24, 2.45) is 0 Å². The van der Waals surface area contributed by atoms with Crippen LogP contribution in [0.3, 0.4) is 0 Å². The molecule has 2 fully saturated rings. The Hall–Kier alpha value is -1.39. The third kappa shape index (κ3) is 3.11. The monoisotopic (exact) mass is 289 g/mol. The third-order valence-electron chi connectivity index (χ3n) is 4.54. The molecule has 1 aliphatic heterocycles. The second-order valence-electron chi connectivity index (χ2n) is 6.18. The number of amides is 1. The van der Waals surface area contributed by atoms with Crippen LogP contribution in [0, 0.1) is 13.8 Å². The number of ether oxygens (including phenoxy) is 2. The molecular weight excluding hydrogens is 266 g/mol. The van der Waals surface area contributed by atoms with Crippen molar-refractivity contribution in [1.82, 2.24) is 5.32 Å². The summed E-state index contributed by atoms with van der Waals surface area (Å²) in [5.74, 6) is -0.399. The van der Waals surface area contributed by atoms with Gasteiger partial charge in [0.25, 0.3) is 5.91 Å². The van der Waals surface area contributed by atoms with E-state index in [-0.39, 0.29) is 17.8 Å². The predicted octanol–water partition coefficient (Wildman–Crippen LogP) is 2.72. The fraction of sp³-hybridized carbons (Fsp3) is 0.588. The summed E-state index contributed by atoms with van der Waals surface area (Å²) >= 11 is 0. The zero-order valence-corrected chi connectivity index (χ0v) is 12.8. The number of aryl methyl sites for hydroxylation is 2. The minimum Gasteiger partial charge on any atom is -0.349 e. The van der Waals surface area contributed by atoms with Crippen LogP contribution < -0.4 is 5.32 Å². The van der Waals surface area contributed by atoms with Crippen molar-refractivity contribution in [2.45, 2.75) is 51.4 Å². The molecule has 1 aromatic rings. The minimum absolute atomic E-state index is 0.0291. The SMILES string of the molecule is Cc1ccc(C(=O)NCC2COC3(CCCC3)O2)cc1C. The summed E-state index contributed by atoms with van der Waals surface area (Å²) in [6.45, 7) is 5.15. The van der Waals surface area contributed by atoms with Crippen molar-refractivity contribution in [3.8, 4) is 0 Å². The van der Waals surface area contributed by atoms with Crippen LogP contribution in [-0.4, -0.2) is 30.9 Å². The number of rotatable bonds is 3. The van der Waals surface area contributed by atoms with Gasteiger partial charge in [0, 0.05) is 24.9 Å². The molecule has 21 heavy (non-hydrogen) atoms. The fourth-order valence-electron chi connectivity index (χ4n) is 3.08. The quantitative estimate of drug-likeness (QED) is 0.930. The third-order valence-corrected chi connectivity index (χ3v) is 4.54. The van der Waals surface area contributed by atoms with Crippen LogP contribution in [0.4, 0.5) is 0 Å². The second kappa shape index (κ2) is 5.78. The fourth-order valence-corrected chi connectivity index (χ4v) is 3.08. The van der Waals surface area contributed by atoms with Gasteiger partial charge in [-0.25, -0.2) is 0 Å². The van der Waals surface area contributed by atoms with Crippen LogP contribution in [0.1, 0.15) is 47.2 Å². The Balaban J connectivity index is 1.53. The smallest absolute Gasteiger partial charge is 0.251 e. The summed E-state index contributed by atoms with van der Waals surface area (Å²) in [4.78, 5) is 12.2. The van der Waals surface area contributed by atoms with E-state index in [9.17, 15) is 4.79 Å². The standard InChI is InChI=1S/C17H23NO3/c1-12-5-6-14(9-13(12)2)16(19)18-10-15-11-20-17(21-15)7-3-4-8-17/h5-6,9,15H,3-4,7-8,10-11H2,1-2H3,(H,18,19). The summed E-state index contributed by atoms with van der Waals surface area (Å²) in [6.07, 6.45) is 4.27. The van der Waals surface area contributed by atoms with Crippen LogP contribution in [0.5, 0.6) is 0 Å². The first-order valence-corrected chi connectivity index (χ1v) is 7.75. The zero-order valence-electron chi connectivity index (χ0n) is 12.8. The van der Waals surface area contributed by atoms with E-state index < -0.39 is 0 Å². The number of nitrogens with one attached hydrogen (secondary N) is 1. The van der Waals surface area contributed by atoms with Gasteiger partial charge in [0.05, 0.1) is 6.61 Å². The number of benzene rings is 1. The van der Waals surface area contributed by atoms with Gasteiger partial charge < -0.3 is 14.8 Å². The summed E-state index contributed by atoms with van der Waals surface area (Å²) < 4.78 is 11.8. The van der Waals surface area contributed by atoms with Crippen molar-refractivity contribution in [3.05, 3.63) is 34.9 Å². The topological polar surface area (TPSA) is 47.6 Å². The highest BCUT2D eigenvalue weighted by atomic mass is 16.7. The predicted molar refractivity (Wildman–Crippen MR) is 80.3 cm³/mol. The summed E-state index contributed by atoms with van der Waals surface area (Å²) in [7, 11) is 0. The molecule has 1 spiro atoms. The van der Waals surface area contributed by atoms with Gasteiger partial charge >= 0.3 is 0 Å². The molecule has 1 aromatic carbocycles. The first kappa shape index (κ1) is 14.5. The van der Waals surface area contributed by atoms with Crippen molar-refractivity contribution in [2.75, 3.05) is 13.2 Å².